The van der Waals surface area contributed by atoms with Gasteiger partial charge in [0.2, 0.25) is 11.8 Å². The van der Waals surface area contributed by atoms with Crippen molar-refractivity contribution in [3.63, 3.8) is 0 Å². The predicted octanol–water partition coefficient (Wildman–Crippen LogP) is 3.19. The Labute approximate surface area is 189 Å². The first-order chi connectivity index (χ1) is 15.1. The number of aromatic nitrogens is 1. The number of nitrogens with one attached hydrogen (secondary N) is 2. The normalized spacial score (nSPS) is 23.3. The molecule has 2 aliphatic rings. The third-order valence-corrected chi connectivity index (χ3v) is 6.67. The molecule has 2 bridgehead atoms. The van der Waals surface area contributed by atoms with Crippen LogP contribution < -0.4 is 10.6 Å². The minimum absolute atomic E-state index is 0.0861. The molecule has 32 heavy (non-hydrogen) atoms. The number of amides is 2. The molecule has 2 fully saturated rings. The maximum Gasteiger partial charge on any atom is 0.253 e. The van der Waals surface area contributed by atoms with E-state index in [1.54, 1.807) is 6.20 Å². The molecule has 1 aromatic heterocycles. The number of rotatable bonds is 5. The SMILES string of the molecule is CC(=O)n1cc(C(=O)NC[C@@H]2C[C@H]3CC[C@@H](C2)N3CC(=O)NC(C)(C)C)c2ccccc21. The van der Waals surface area contributed by atoms with Crippen LogP contribution in [0.3, 0.4) is 0 Å². The first-order valence-corrected chi connectivity index (χ1v) is 11.6. The van der Waals surface area contributed by atoms with Gasteiger partial charge in [0.25, 0.3) is 5.91 Å². The van der Waals surface area contributed by atoms with Crippen molar-refractivity contribution in [2.45, 2.75) is 71.0 Å². The second-order valence-corrected chi connectivity index (χ2v) is 10.4. The van der Waals surface area contributed by atoms with Gasteiger partial charge in [-0.2, -0.15) is 0 Å². The molecule has 2 N–H and O–H groups in total. The number of carbonyl (C=O) groups excluding carboxylic acids is 3. The van der Waals surface area contributed by atoms with E-state index in [1.807, 2.05) is 45.0 Å². The summed E-state index contributed by atoms with van der Waals surface area (Å²) < 4.78 is 1.53. The fraction of sp³-hybridized carbons (Fsp3) is 0.560. The van der Waals surface area contributed by atoms with Crippen molar-refractivity contribution in [3.8, 4) is 0 Å². The summed E-state index contributed by atoms with van der Waals surface area (Å²) in [4.78, 5) is 39.7. The van der Waals surface area contributed by atoms with E-state index < -0.39 is 0 Å². The molecule has 7 heteroatoms. The molecule has 0 unspecified atom stereocenters. The zero-order chi connectivity index (χ0) is 23.0. The number of para-hydroxylation sites is 1. The summed E-state index contributed by atoms with van der Waals surface area (Å²) in [5.41, 5.74) is 1.07. The molecule has 0 aliphatic carbocycles. The number of piperidine rings is 1. The summed E-state index contributed by atoms with van der Waals surface area (Å²) in [5, 5.41) is 6.96. The zero-order valence-electron chi connectivity index (χ0n) is 19.5. The van der Waals surface area contributed by atoms with Gasteiger partial charge in [0, 0.05) is 42.7 Å². The number of carbonyl (C=O) groups is 3. The highest BCUT2D eigenvalue weighted by Gasteiger charge is 2.41. The van der Waals surface area contributed by atoms with Gasteiger partial charge in [-0.1, -0.05) is 18.2 Å². The maximum atomic E-state index is 13.0. The van der Waals surface area contributed by atoms with Gasteiger partial charge in [-0.3, -0.25) is 23.9 Å². The molecule has 0 saturated carbocycles. The van der Waals surface area contributed by atoms with E-state index in [0.29, 0.717) is 36.7 Å². The lowest BCUT2D eigenvalue weighted by Gasteiger charge is -2.39. The third kappa shape index (κ3) is 4.72. The number of hydrogen-bond donors (Lipinski definition) is 2. The Morgan fingerprint density at radius 2 is 1.72 bits per heavy atom. The smallest absolute Gasteiger partial charge is 0.253 e. The second kappa shape index (κ2) is 8.70. The van der Waals surface area contributed by atoms with E-state index in [0.717, 1.165) is 36.6 Å². The van der Waals surface area contributed by atoms with E-state index in [9.17, 15) is 14.4 Å². The van der Waals surface area contributed by atoms with E-state index in [1.165, 1.54) is 11.5 Å². The van der Waals surface area contributed by atoms with E-state index in [2.05, 4.69) is 15.5 Å². The van der Waals surface area contributed by atoms with Crippen LogP contribution in [0.25, 0.3) is 10.9 Å². The van der Waals surface area contributed by atoms with Crippen LogP contribution in [-0.4, -0.2) is 57.9 Å². The average molecular weight is 439 g/mol. The summed E-state index contributed by atoms with van der Waals surface area (Å²) in [6, 6.07) is 8.30. The zero-order valence-corrected chi connectivity index (χ0v) is 19.5. The van der Waals surface area contributed by atoms with Gasteiger partial charge in [-0.05, 0) is 58.4 Å². The number of hydrogen-bond acceptors (Lipinski definition) is 4. The van der Waals surface area contributed by atoms with Crippen LogP contribution in [0.1, 0.15) is 68.5 Å². The Hall–Kier alpha value is -2.67. The Bertz CT molecular complexity index is 1020. The topological polar surface area (TPSA) is 83.4 Å². The fourth-order valence-corrected chi connectivity index (χ4v) is 5.39. The Morgan fingerprint density at radius 3 is 2.34 bits per heavy atom. The Morgan fingerprint density at radius 1 is 1.06 bits per heavy atom. The standard InChI is InChI=1S/C25H34N4O3/c1-16(30)28-14-21(20-7-5-6-8-22(20)28)24(32)26-13-17-11-18-9-10-19(12-17)29(18)15-23(31)27-25(2,3)4/h5-8,14,17-19H,9-13,15H2,1-4H3,(H,26,32)(H,27,31)/t17-,18-,19+. The molecule has 0 radical (unpaired) electrons. The molecule has 3 heterocycles. The van der Waals surface area contributed by atoms with Crippen molar-refractivity contribution < 1.29 is 14.4 Å². The average Bonchev–Trinajstić information content (AvgIpc) is 3.19. The van der Waals surface area contributed by atoms with Crippen LogP contribution in [0.15, 0.2) is 30.5 Å². The van der Waals surface area contributed by atoms with Crippen molar-refractivity contribution in [1.82, 2.24) is 20.1 Å². The van der Waals surface area contributed by atoms with Crippen molar-refractivity contribution in [2.75, 3.05) is 13.1 Å². The van der Waals surface area contributed by atoms with Crippen molar-refractivity contribution in [1.29, 1.82) is 0 Å². The highest BCUT2D eigenvalue weighted by Crippen LogP contribution is 2.38. The summed E-state index contributed by atoms with van der Waals surface area (Å²) in [5.74, 6) is 0.239. The van der Waals surface area contributed by atoms with Crippen LogP contribution in [-0.2, 0) is 4.79 Å². The summed E-state index contributed by atoms with van der Waals surface area (Å²) in [6.45, 7) is 8.58. The summed E-state index contributed by atoms with van der Waals surface area (Å²) >= 11 is 0. The maximum absolute atomic E-state index is 13.0. The molecule has 2 saturated heterocycles. The minimum atomic E-state index is -0.218. The molecule has 2 aromatic rings. The minimum Gasteiger partial charge on any atom is -0.352 e. The molecule has 3 atom stereocenters. The van der Waals surface area contributed by atoms with Crippen LogP contribution in [0, 0.1) is 5.92 Å². The van der Waals surface area contributed by atoms with E-state index >= 15 is 0 Å². The monoisotopic (exact) mass is 438 g/mol. The summed E-state index contributed by atoms with van der Waals surface area (Å²) in [6.07, 6.45) is 5.86. The molecule has 7 nitrogen and oxygen atoms in total. The van der Waals surface area contributed by atoms with Crippen LogP contribution >= 0.6 is 0 Å². The second-order valence-electron chi connectivity index (χ2n) is 10.4. The van der Waals surface area contributed by atoms with Crippen molar-refractivity contribution in [3.05, 3.63) is 36.0 Å². The Kier molecular flexibility index (Phi) is 6.12. The van der Waals surface area contributed by atoms with Gasteiger partial charge >= 0.3 is 0 Å². The third-order valence-electron chi connectivity index (χ3n) is 6.67. The van der Waals surface area contributed by atoms with Crippen molar-refractivity contribution in [2.24, 2.45) is 5.92 Å². The predicted molar refractivity (Wildman–Crippen MR) is 125 cm³/mol. The molecule has 172 valence electrons. The molecule has 2 amide bonds. The lowest BCUT2D eigenvalue weighted by atomic mass is 9.90. The van der Waals surface area contributed by atoms with Gasteiger partial charge in [0.1, 0.15) is 0 Å². The molecular weight excluding hydrogens is 404 g/mol. The molecule has 4 rings (SSSR count). The van der Waals surface area contributed by atoms with E-state index in [-0.39, 0.29) is 23.3 Å². The Balaban J connectivity index is 1.36. The first-order valence-electron chi connectivity index (χ1n) is 11.6. The lowest BCUT2D eigenvalue weighted by Crippen LogP contribution is -2.52. The number of fused-ring (bicyclic) bond motifs is 3. The van der Waals surface area contributed by atoms with Crippen LogP contribution in [0.5, 0.6) is 0 Å². The van der Waals surface area contributed by atoms with Gasteiger partial charge in [0.05, 0.1) is 17.6 Å². The molecule has 1 aromatic carbocycles. The first kappa shape index (κ1) is 22.5. The summed E-state index contributed by atoms with van der Waals surface area (Å²) in [7, 11) is 0. The van der Waals surface area contributed by atoms with Gasteiger partial charge < -0.3 is 10.6 Å². The van der Waals surface area contributed by atoms with Crippen molar-refractivity contribution >= 4 is 28.6 Å². The lowest BCUT2D eigenvalue weighted by molar-refractivity contribution is -0.125. The fourth-order valence-electron chi connectivity index (χ4n) is 5.39. The molecule has 2 aliphatic heterocycles. The molecular formula is C25H34N4O3. The number of nitrogens with zero attached hydrogens (tertiary/aromatic N) is 2. The van der Waals surface area contributed by atoms with Gasteiger partial charge in [-0.25, -0.2) is 0 Å². The van der Waals surface area contributed by atoms with Gasteiger partial charge in [-0.15, -0.1) is 0 Å². The highest BCUT2D eigenvalue weighted by molar-refractivity contribution is 6.09. The highest BCUT2D eigenvalue weighted by atomic mass is 16.2. The van der Waals surface area contributed by atoms with Crippen LogP contribution in [0.2, 0.25) is 0 Å². The number of benzene rings is 1. The van der Waals surface area contributed by atoms with Crippen LogP contribution in [0.4, 0.5) is 0 Å². The molecule has 0 spiro atoms. The quantitative estimate of drug-likeness (QED) is 0.751. The van der Waals surface area contributed by atoms with E-state index in [4.69, 9.17) is 0 Å². The largest absolute Gasteiger partial charge is 0.352 e. The van der Waals surface area contributed by atoms with Gasteiger partial charge in [0.15, 0.2) is 0 Å².